The second kappa shape index (κ2) is 9.51. The van der Waals surface area contributed by atoms with Gasteiger partial charge in [-0.05, 0) is 25.6 Å². The zero-order valence-corrected chi connectivity index (χ0v) is 14.6. The predicted molar refractivity (Wildman–Crippen MR) is 90.9 cm³/mol. The van der Waals surface area contributed by atoms with Crippen LogP contribution in [0, 0.1) is 11.6 Å². The van der Waals surface area contributed by atoms with Crippen molar-refractivity contribution in [1.29, 1.82) is 0 Å². The number of nitrogens with two attached hydrogens (primary N) is 1. The normalized spacial score (nSPS) is 11.5. The summed E-state index contributed by atoms with van der Waals surface area (Å²) < 4.78 is 31.5. The molecule has 0 bridgehead atoms. The first-order chi connectivity index (χ1) is 11.0. The first-order valence-electron chi connectivity index (χ1n) is 7.02. The SMILES string of the molecule is CC(COc1ccc(F)cc1F)NC(=O)c1csc(CCN)n1.Cl. The predicted octanol–water partition coefficient (Wildman–Crippen LogP) is 2.54. The highest BCUT2D eigenvalue weighted by Gasteiger charge is 2.14. The molecule has 0 saturated carbocycles. The lowest BCUT2D eigenvalue weighted by Crippen LogP contribution is -2.37. The number of ether oxygens (including phenoxy) is 1. The van der Waals surface area contributed by atoms with Crippen molar-refractivity contribution in [1.82, 2.24) is 10.3 Å². The average molecular weight is 378 g/mol. The highest BCUT2D eigenvalue weighted by molar-refractivity contribution is 7.09. The number of halogens is 3. The summed E-state index contributed by atoms with van der Waals surface area (Å²) in [6.07, 6.45) is 0.625. The lowest BCUT2D eigenvalue weighted by atomic mass is 10.3. The van der Waals surface area contributed by atoms with Gasteiger partial charge in [0.25, 0.3) is 5.91 Å². The molecule has 9 heteroatoms. The van der Waals surface area contributed by atoms with Crippen LogP contribution in [-0.4, -0.2) is 30.1 Å². The summed E-state index contributed by atoms with van der Waals surface area (Å²) in [5.41, 5.74) is 5.76. The van der Waals surface area contributed by atoms with Gasteiger partial charge in [-0.2, -0.15) is 0 Å². The molecule has 2 aromatic rings. The lowest BCUT2D eigenvalue weighted by Gasteiger charge is -2.14. The fourth-order valence-corrected chi connectivity index (χ4v) is 2.59. The number of nitrogens with zero attached hydrogens (tertiary/aromatic N) is 1. The van der Waals surface area contributed by atoms with Crippen LogP contribution in [0.5, 0.6) is 5.75 Å². The molecule has 24 heavy (non-hydrogen) atoms. The molecule has 1 aromatic carbocycles. The molecule has 0 aliphatic rings. The molecule has 5 nitrogen and oxygen atoms in total. The van der Waals surface area contributed by atoms with E-state index in [0.29, 0.717) is 18.7 Å². The Morgan fingerprint density at radius 1 is 1.46 bits per heavy atom. The molecule has 3 N–H and O–H groups in total. The van der Waals surface area contributed by atoms with Crippen LogP contribution in [0.2, 0.25) is 0 Å². The Balaban J connectivity index is 0.00000288. The second-order valence-corrected chi connectivity index (χ2v) is 5.87. The van der Waals surface area contributed by atoms with Crippen LogP contribution in [0.25, 0.3) is 0 Å². The van der Waals surface area contributed by atoms with E-state index in [0.717, 1.165) is 17.1 Å². The van der Waals surface area contributed by atoms with Crippen LogP contribution >= 0.6 is 23.7 Å². The lowest BCUT2D eigenvalue weighted by molar-refractivity contribution is 0.0921. The van der Waals surface area contributed by atoms with Crippen LogP contribution in [-0.2, 0) is 6.42 Å². The van der Waals surface area contributed by atoms with E-state index < -0.39 is 11.6 Å². The third kappa shape index (κ3) is 5.70. The number of thiazole rings is 1. The number of nitrogens with one attached hydrogen (secondary N) is 1. The Kier molecular flexibility index (Phi) is 8.03. The highest BCUT2D eigenvalue weighted by atomic mass is 35.5. The molecule has 0 radical (unpaired) electrons. The van der Waals surface area contributed by atoms with Gasteiger partial charge in [-0.3, -0.25) is 4.79 Å². The molecule has 0 saturated heterocycles. The fourth-order valence-electron chi connectivity index (χ4n) is 1.80. The molecule has 0 fully saturated rings. The summed E-state index contributed by atoms with van der Waals surface area (Å²) in [4.78, 5) is 16.2. The zero-order valence-electron chi connectivity index (χ0n) is 12.9. The molecule has 0 spiro atoms. The van der Waals surface area contributed by atoms with Crippen molar-refractivity contribution >= 4 is 29.7 Å². The van der Waals surface area contributed by atoms with Crippen molar-refractivity contribution in [2.45, 2.75) is 19.4 Å². The number of carbonyl (C=O) groups excluding carboxylic acids is 1. The molecule has 1 amide bonds. The van der Waals surface area contributed by atoms with E-state index in [4.69, 9.17) is 10.5 Å². The maximum atomic E-state index is 13.4. The third-order valence-electron chi connectivity index (χ3n) is 2.90. The molecule has 1 heterocycles. The summed E-state index contributed by atoms with van der Waals surface area (Å²) in [6.45, 7) is 2.24. The van der Waals surface area contributed by atoms with Gasteiger partial charge in [0, 0.05) is 17.9 Å². The number of amides is 1. The second-order valence-electron chi connectivity index (χ2n) is 4.93. The van der Waals surface area contributed by atoms with Crippen LogP contribution in [0.15, 0.2) is 23.6 Å². The average Bonchev–Trinajstić information content (AvgIpc) is 2.95. The number of carbonyl (C=O) groups is 1. The largest absolute Gasteiger partial charge is 0.488 e. The zero-order chi connectivity index (χ0) is 16.8. The number of benzene rings is 1. The van der Waals surface area contributed by atoms with Gasteiger partial charge in [-0.1, -0.05) is 0 Å². The van der Waals surface area contributed by atoms with Crippen molar-refractivity contribution in [3.05, 3.63) is 45.9 Å². The standard InChI is InChI=1S/C15H17F2N3O2S.ClH/c1-9(7-22-13-3-2-10(16)6-11(13)17)19-15(21)12-8-23-14(20-12)4-5-18;/h2-3,6,8-9H,4-5,7,18H2,1H3,(H,19,21);1H. The Hall–Kier alpha value is -1.77. The Morgan fingerprint density at radius 3 is 2.88 bits per heavy atom. The minimum Gasteiger partial charge on any atom is -0.488 e. The molecule has 1 atom stereocenters. The van der Waals surface area contributed by atoms with Crippen molar-refractivity contribution in [3.63, 3.8) is 0 Å². The first kappa shape index (κ1) is 20.3. The maximum absolute atomic E-state index is 13.4. The minimum atomic E-state index is -0.783. The first-order valence-corrected chi connectivity index (χ1v) is 7.90. The van der Waals surface area contributed by atoms with Gasteiger partial charge in [0.05, 0.1) is 11.0 Å². The Labute approximate surface area is 148 Å². The number of rotatable bonds is 7. The van der Waals surface area contributed by atoms with E-state index in [-0.39, 0.29) is 36.7 Å². The number of hydrogen-bond acceptors (Lipinski definition) is 5. The molecule has 2 rings (SSSR count). The monoisotopic (exact) mass is 377 g/mol. The van der Waals surface area contributed by atoms with Gasteiger partial charge in [0.2, 0.25) is 0 Å². The molecule has 0 aliphatic heterocycles. The van der Waals surface area contributed by atoms with E-state index >= 15 is 0 Å². The van der Waals surface area contributed by atoms with E-state index in [1.54, 1.807) is 12.3 Å². The van der Waals surface area contributed by atoms with Gasteiger partial charge in [0.15, 0.2) is 11.6 Å². The summed E-state index contributed by atoms with van der Waals surface area (Å²) in [5.74, 6) is -1.85. The van der Waals surface area contributed by atoms with Crippen LogP contribution < -0.4 is 15.8 Å². The van der Waals surface area contributed by atoms with Crippen LogP contribution in [0.3, 0.4) is 0 Å². The molecular weight excluding hydrogens is 360 g/mol. The van der Waals surface area contributed by atoms with E-state index in [2.05, 4.69) is 10.3 Å². The van der Waals surface area contributed by atoms with Gasteiger partial charge < -0.3 is 15.8 Å². The van der Waals surface area contributed by atoms with Gasteiger partial charge in [-0.15, -0.1) is 23.7 Å². The van der Waals surface area contributed by atoms with Crippen molar-refractivity contribution < 1.29 is 18.3 Å². The summed E-state index contributed by atoms with van der Waals surface area (Å²) in [6, 6.07) is 2.69. The van der Waals surface area contributed by atoms with Gasteiger partial charge in [0.1, 0.15) is 18.1 Å². The quantitative estimate of drug-likeness (QED) is 0.777. The molecular formula is C15H18ClF2N3O2S. The third-order valence-corrected chi connectivity index (χ3v) is 3.81. The highest BCUT2D eigenvalue weighted by Crippen LogP contribution is 2.17. The maximum Gasteiger partial charge on any atom is 0.271 e. The molecule has 1 unspecified atom stereocenters. The van der Waals surface area contributed by atoms with E-state index in [9.17, 15) is 13.6 Å². The van der Waals surface area contributed by atoms with Gasteiger partial charge in [-0.25, -0.2) is 13.8 Å². The van der Waals surface area contributed by atoms with E-state index in [1.807, 2.05) is 0 Å². The topological polar surface area (TPSA) is 77.2 Å². The van der Waals surface area contributed by atoms with Crippen molar-refractivity contribution in [2.24, 2.45) is 5.73 Å². The van der Waals surface area contributed by atoms with Crippen molar-refractivity contribution in [3.8, 4) is 5.75 Å². The summed E-state index contributed by atoms with van der Waals surface area (Å²) in [5, 5.41) is 5.17. The van der Waals surface area contributed by atoms with Gasteiger partial charge >= 0.3 is 0 Å². The van der Waals surface area contributed by atoms with Crippen LogP contribution in [0.1, 0.15) is 22.4 Å². The summed E-state index contributed by atoms with van der Waals surface area (Å²) >= 11 is 1.37. The fraction of sp³-hybridized carbons (Fsp3) is 0.333. The molecule has 0 aliphatic carbocycles. The molecule has 132 valence electrons. The van der Waals surface area contributed by atoms with Crippen molar-refractivity contribution in [2.75, 3.05) is 13.2 Å². The summed E-state index contributed by atoms with van der Waals surface area (Å²) in [7, 11) is 0. The number of aromatic nitrogens is 1. The van der Waals surface area contributed by atoms with E-state index in [1.165, 1.54) is 17.4 Å². The minimum absolute atomic E-state index is 0. The smallest absolute Gasteiger partial charge is 0.271 e. The Morgan fingerprint density at radius 2 is 2.21 bits per heavy atom. The number of hydrogen-bond donors (Lipinski definition) is 2. The molecule has 1 aromatic heterocycles. The van der Waals surface area contributed by atoms with Crippen LogP contribution in [0.4, 0.5) is 8.78 Å². The Bertz CT molecular complexity index is 684.